The maximum absolute atomic E-state index is 6.54. The van der Waals surface area contributed by atoms with Crippen LogP contribution in [-0.4, -0.2) is 13.9 Å². The first-order chi connectivity index (χ1) is 16.5. The molecule has 0 saturated heterocycles. The molecule has 0 heterocycles. The topological polar surface area (TPSA) is 18.5 Å². The van der Waals surface area contributed by atoms with Gasteiger partial charge in [0.2, 0.25) is 0 Å². The minimum Gasteiger partial charge on any atom is -0.467 e. The van der Waals surface area contributed by atoms with Crippen LogP contribution in [0.3, 0.4) is 0 Å². The third-order valence-electron chi connectivity index (χ3n) is 8.94. The van der Waals surface area contributed by atoms with Crippen LogP contribution in [0, 0.1) is 23.2 Å². The van der Waals surface area contributed by atoms with E-state index >= 15 is 0 Å². The van der Waals surface area contributed by atoms with Crippen LogP contribution in [0.25, 0.3) is 11.1 Å². The SMILES string of the molecule is COCOc1c(-c2ccccc2Br)cc(C(C)(C)CC(C)(C)C)cc1C12CC3CC(CC(C3)C1)C2. The average molecular weight is 540 g/mol. The molecule has 0 N–H and O–H groups in total. The van der Waals surface area contributed by atoms with Crippen LogP contribution in [0.1, 0.15) is 90.7 Å². The first kappa shape index (κ1) is 25.3. The molecule has 3 heteroatoms. The summed E-state index contributed by atoms with van der Waals surface area (Å²) in [4.78, 5) is 0. The normalized spacial score (nSPS) is 27.9. The maximum Gasteiger partial charge on any atom is 0.188 e. The van der Waals surface area contributed by atoms with Gasteiger partial charge in [-0.15, -0.1) is 0 Å². The second-order valence-electron chi connectivity index (χ2n) is 13.8. The molecule has 0 amide bonds. The number of halogens is 1. The van der Waals surface area contributed by atoms with Crippen molar-refractivity contribution in [3.8, 4) is 16.9 Å². The Morgan fingerprint density at radius 1 is 0.886 bits per heavy atom. The smallest absolute Gasteiger partial charge is 0.188 e. The van der Waals surface area contributed by atoms with Gasteiger partial charge in [0.05, 0.1) is 0 Å². The van der Waals surface area contributed by atoms with Gasteiger partial charge >= 0.3 is 0 Å². The van der Waals surface area contributed by atoms with E-state index < -0.39 is 0 Å². The maximum atomic E-state index is 6.54. The van der Waals surface area contributed by atoms with Crippen molar-refractivity contribution >= 4 is 15.9 Å². The Kier molecular flexibility index (Phi) is 6.67. The highest BCUT2D eigenvalue weighted by Crippen LogP contribution is 2.63. The quantitative estimate of drug-likeness (QED) is 0.327. The summed E-state index contributed by atoms with van der Waals surface area (Å²) in [5.74, 6) is 3.70. The third kappa shape index (κ3) is 4.97. The Hall–Kier alpha value is -1.32. The summed E-state index contributed by atoms with van der Waals surface area (Å²) >= 11 is 3.86. The minimum absolute atomic E-state index is 0.0606. The molecule has 0 aliphatic heterocycles. The predicted molar refractivity (Wildman–Crippen MR) is 149 cm³/mol. The van der Waals surface area contributed by atoms with E-state index in [0.29, 0.717) is 0 Å². The lowest BCUT2D eigenvalue weighted by Gasteiger charge is -2.57. The molecule has 0 radical (unpaired) electrons. The van der Waals surface area contributed by atoms with Crippen molar-refractivity contribution in [2.45, 2.75) is 90.4 Å². The van der Waals surface area contributed by atoms with Gasteiger partial charge in [-0.05, 0) is 102 Å². The first-order valence-corrected chi connectivity index (χ1v) is 14.3. The van der Waals surface area contributed by atoms with Crippen LogP contribution in [0.2, 0.25) is 0 Å². The Morgan fingerprint density at radius 3 is 2.03 bits per heavy atom. The van der Waals surface area contributed by atoms with E-state index in [4.69, 9.17) is 9.47 Å². The molecule has 0 aromatic heterocycles. The van der Waals surface area contributed by atoms with Gasteiger partial charge in [0.15, 0.2) is 6.79 Å². The van der Waals surface area contributed by atoms with Gasteiger partial charge in [-0.2, -0.15) is 0 Å². The Labute approximate surface area is 221 Å². The zero-order chi connectivity index (χ0) is 25.0. The zero-order valence-electron chi connectivity index (χ0n) is 22.5. The molecule has 35 heavy (non-hydrogen) atoms. The van der Waals surface area contributed by atoms with E-state index in [2.05, 4.69) is 86.9 Å². The summed E-state index contributed by atoms with van der Waals surface area (Å²) < 4.78 is 13.1. The van der Waals surface area contributed by atoms with E-state index in [1.165, 1.54) is 60.8 Å². The van der Waals surface area contributed by atoms with E-state index in [1.54, 1.807) is 7.11 Å². The molecular weight excluding hydrogens is 496 g/mol. The number of methoxy groups -OCH3 is 1. The van der Waals surface area contributed by atoms with Crippen LogP contribution in [0.4, 0.5) is 0 Å². The summed E-state index contributed by atoms with van der Waals surface area (Å²) in [5.41, 5.74) is 5.86. The van der Waals surface area contributed by atoms with Gasteiger partial charge in [-0.3, -0.25) is 0 Å². The molecular formula is C32H43BrO2. The van der Waals surface area contributed by atoms with Gasteiger partial charge < -0.3 is 9.47 Å². The second kappa shape index (κ2) is 9.21. The molecule has 4 aliphatic rings. The van der Waals surface area contributed by atoms with Crippen LogP contribution < -0.4 is 4.74 Å². The Bertz CT molecular complexity index is 1040. The molecule has 4 bridgehead atoms. The Morgan fingerprint density at radius 2 is 1.49 bits per heavy atom. The standard InChI is InChI=1S/C32H43BrO2/c1-30(2,3)19-31(4,5)24-14-26(25-9-7-8-10-28(25)33)29(35-20-34-6)27(15-24)32-16-21-11-22(17-32)13-23(12-21)18-32/h7-10,14-15,21-23H,11-13,16-20H2,1-6H3. The summed E-state index contributed by atoms with van der Waals surface area (Å²) in [6.45, 7) is 12.2. The number of benzene rings is 2. The van der Waals surface area contributed by atoms with E-state index in [1.807, 2.05) is 0 Å². The highest BCUT2D eigenvalue weighted by Gasteiger charge is 2.53. The molecule has 4 aliphatic carbocycles. The van der Waals surface area contributed by atoms with Gasteiger partial charge in [0.25, 0.3) is 0 Å². The van der Waals surface area contributed by atoms with Crippen molar-refractivity contribution in [2.24, 2.45) is 23.2 Å². The number of ether oxygens (including phenoxy) is 2. The van der Waals surface area contributed by atoms with Gasteiger partial charge in [0, 0.05) is 22.7 Å². The molecule has 4 fully saturated rings. The van der Waals surface area contributed by atoms with Gasteiger partial charge in [-0.25, -0.2) is 0 Å². The fraction of sp³-hybridized carbons (Fsp3) is 0.625. The molecule has 4 saturated carbocycles. The molecule has 2 nitrogen and oxygen atoms in total. The minimum atomic E-state index is 0.0606. The molecule has 0 atom stereocenters. The van der Waals surface area contributed by atoms with Crippen molar-refractivity contribution < 1.29 is 9.47 Å². The van der Waals surface area contributed by atoms with Crippen molar-refractivity contribution in [1.82, 2.24) is 0 Å². The van der Waals surface area contributed by atoms with Gasteiger partial charge in [0.1, 0.15) is 5.75 Å². The van der Waals surface area contributed by atoms with Crippen molar-refractivity contribution in [1.29, 1.82) is 0 Å². The third-order valence-corrected chi connectivity index (χ3v) is 9.63. The van der Waals surface area contributed by atoms with Gasteiger partial charge in [-0.1, -0.05) is 74.8 Å². The highest BCUT2D eigenvalue weighted by atomic mass is 79.9. The van der Waals surface area contributed by atoms with Crippen LogP contribution in [0.15, 0.2) is 40.9 Å². The first-order valence-electron chi connectivity index (χ1n) is 13.6. The summed E-state index contributed by atoms with van der Waals surface area (Å²) in [5, 5.41) is 0. The van der Waals surface area contributed by atoms with Crippen LogP contribution in [0.5, 0.6) is 5.75 Å². The van der Waals surface area contributed by atoms with Crippen molar-refractivity contribution in [3.63, 3.8) is 0 Å². The summed E-state index contributed by atoms with van der Waals surface area (Å²) in [7, 11) is 1.73. The lowest BCUT2D eigenvalue weighted by Crippen LogP contribution is -2.48. The van der Waals surface area contributed by atoms with Crippen molar-refractivity contribution in [3.05, 3.63) is 52.0 Å². The fourth-order valence-corrected chi connectivity index (χ4v) is 8.93. The largest absolute Gasteiger partial charge is 0.467 e. The second-order valence-corrected chi connectivity index (χ2v) is 14.6. The molecule has 2 aromatic carbocycles. The summed E-state index contributed by atoms with van der Waals surface area (Å²) in [6.07, 6.45) is 9.43. The lowest BCUT2D eigenvalue weighted by molar-refractivity contribution is -0.00882. The van der Waals surface area contributed by atoms with Crippen LogP contribution >= 0.6 is 15.9 Å². The lowest BCUT2D eigenvalue weighted by atomic mass is 9.47. The molecule has 0 spiro atoms. The molecule has 6 rings (SSSR count). The molecule has 0 unspecified atom stereocenters. The Balaban J connectivity index is 1.74. The number of hydrogen-bond acceptors (Lipinski definition) is 2. The number of rotatable bonds is 7. The zero-order valence-corrected chi connectivity index (χ0v) is 24.1. The molecule has 2 aromatic rings. The predicted octanol–water partition coefficient (Wildman–Crippen LogP) is 9.28. The highest BCUT2D eigenvalue weighted by molar-refractivity contribution is 9.10. The summed E-state index contributed by atoms with van der Waals surface area (Å²) in [6, 6.07) is 13.6. The van der Waals surface area contributed by atoms with E-state index in [-0.39, 0.29) is 23.0 Å². The van der Waals surface area contributed by atoms with E-state index in [0.717, 1.165) is 34.4 Å². The van der Waals surface area contributed by atoms with Crippen molar-refractivity contribution in [2.75, 3.05) is 13.9 Å². The monoisotopic (exact) mass is 538 g/mol. The van der Waals surface area contributed by atoms with E-state index in [9.17, 15) is 0 Å². The number of hydrogen-bond donors (Lipinski definition) is 0. The van der Waals surface area contributed by atoms with Crippen LogP contribution in [-0.2, 0) is 15.6 Å². The average Bonchev–Trinajstić information content (AvgIpc) is 2.75. The molecule has 190 valence electrons. The fourth-order valence-electron chi connectivity index (χ4n) is 8.43.